The van der Waals surface area contributed by atoms with Crippen molar-refractivity contribution in [3.8, 4) is 0 Å². The van der Waals surface area contributed by atoms with Gasteiger partial charge in [-0.05, 0) is 30.5 Å². The number of hydrogen-bond donors (Lipinski definition) is 3. The minimum atomic E-state index is -0.0603. The predicted molar refractivity (Wildman–Crippen MR) is 73.4 cm³/mol. The maximum atomic E-state index is 10.9. The third-order valence-electron chi connectivity index (χ3n) is 2.84. The van der Waals surface area contributed by atoms with E-state index in [-0.39, 0.29) is 12.5 Å². The molecule has 18 heavy (non-hydrogen) atoms. The van der Waals surface area contributed by atoms with Crippen LogP contribution in [0.1, 0.15) is 32.3 Å². The van der Waals surface area contributed by atoms with E-state index in [1.807, 2.05) is 24.3 Å². The number of aliphatic hydroxyl groups excluding tert-OH is 1. The lowest BCUT2D eigenvalue weighted by Gasteiger charge is -2.15. The van der Waals surface area contributed by atoms with Crippen LogP contribution in [0.2, 0.25) is 0 Å². The molecule has 1 rings (SSSR count). The third kappa shape index (κ3) is 5.29. The van der Waals surface area contributed by atoms with E-state index in [0.717, 1.165) is 25.1 Å². The van der Waals surface area contributed by atoms with E-state index in [9.17, 15) is 4.79 Å². The lowest BCUT2D eigenvalue weighted by molar-refractivity contribution is -0.114. The Morgan fingerprint density at radius 1 is 1.33 bits per heavy atom. The molecule has 0 bridgehead atoms. The van der Waals surface area contributed by atoms with Crippen molar-refractivity contribution >= 4 is 11.6 Å². The summed E-state index contributed by atoms with van der Waals surface area (Å²) >= 11 is 0. The summed E-state index contributed by atoms with van der Waals surface area (Å²) in [5, 5.41) is 15.0. The van der Waals surface area contributed by atoms with E-state index in [0.29, 0.717) is 6.04 Å². The Morgan fingerprint density at radius 3 is 2.50 bits per heavy atom. The van der Waals surface area contributed by atoms with Gasteiger partial charge in [-0.2, -0.15) is 0 Å². The quantitative estimate of drug-likeness (QED) is 0.692. The highest BCUT2D eigenvalue weighted by Gasteiger charge is 2.04. The molecule has 1 aromatic carbocycles. The molecule has 0 heterocycles. The first kappa shape index (κ1) is 14.7. The van der Waals surface area contributed by atoms with Crippen LogP contribution in [0, 0.1) is 0 Å². The fourth-order valence-corrected chi connectivity index (χ4v) is 1.78. The molecule has 0 spiro atoms. The van der Waals surface area contributed by atoms with Crippen molar-refractivity contribution < 1.29 is 9.90 Å². The molecule has 0 saturated heterocycles. The molecular formula is C14H22N2O2. The maximum absolute atomic E-state index is 10.9. The molecule has 0 radical (unpaired) electrons. The molecule has 100 valence electrons. The SMILES string of the molecule is CCC(CCO)NCc1ccc(NC(C)=O)cc1. The Hall–Kier alpha value is -1.39. The largest absolute Gasteiger partial charge is 0.396 e. The van der Waals surface area contributed by atoms with Crippen LogP contribution in [-0.2, 0) is 11.3 Å². The van der Waals surface area contributed by atoms with Crippen molar-refractivity contribution in [2.24, 2.45) is 0 Å². The molecule has 0 fully saturated rings. The Labute approximate surface area is 108 Å². The molecule has 0 aliphatic heterocycles. The molecule has 0 aliphatic carbocycles. The summed E-state index contributed by atoms with van der Waals surface area (Å²) in [6, 6.07) is 8.12. The van der Waals surface area contributed by atoms with E-state index >= 15 is 0 Å². The number of amides is 1. The van der Waals surface area contributed by atoms with E-state index in [2.05, 4.69) is 17.6 Å². The summed E-state index contributed by atoms with van der Waals surface area (Å²) in [4.78, 5) is 10.9. The minimum absolute atomic E-state index is 0.0603. The maximum Gasteiger partial charge on any atom is 0.221 e. The van der Waals surface area contributed by atoms with Gasteiger partial charge in [0.1, 0.15) is 0 Å². The zero-order valence-electron chi connectivity index (χ0n) is 11.1. The number of aliphatic hydroxyl groups is 1. The number of rotatable bonds is 7. The summed E-state index contributed by atoms with van der Waals surface area (Å²) in [7, 11) is 0. The zero-order chi connectivity index (χ0) is 13.4. The van der Waals surface area contributed by atoms with E-state index < -0.39 is 0 Å². The number of nitrogens with one attached hydrogen (secondary N) is 2. The van der Waals surface area contributed by atoms with E-state index in [1.165, 1.54) is 12.5 Å². The number of carbonyl (C=O) groups excluding carboxylic acids is 1. The van der Waals surface area contributed by atoms with Crippen molar-refractivity contribution in [2.45, 2.75) is 39.3 Å². The van der Waals surface area contributed by atoms with Crippen LogP contribution in [-0.4, -0.2) is 23.7 Å². The van der Waals surface area contributed by atoms with Crippen molar-refractivity contribution in [3.63, 3.8) is 0 Å². The van der Waals surface area contributed by atoms with Gasteiger partial charge in [0.25, 0.3) is 0 Å². The lowest BCUT2D eigenvalue weighted by atomic mass is 10.1. The molecule has 4 heteroatoms. The highest BCUT2D eigenvalue weighted by Crippen LogP contribution is 2.10. The summed E-state index contributed by atoms with van der Waals surface area (Å²) in [5.74, 6) is -0.0603. The lowest BCUT2D eigenvalue weighted by Crippen LogP contribution is -2.28. The Morgan fingerprint density at radius 2 is 2.00 bits per heavy atom. The van der Waals surface area contributed by atoms with E-state index in [1.54, 1.807) is 0 Å². The van der Waals surface area contributed by atoms with Crippen LogP contribution in [0.25, 0.3) is 0 Å². The molecule has 3 N–H and O–H groups in total. The molecule has 0 aromatic heterocycles. The van der Waals surface area contributed by atoms with Gasteiger partial charge in [0.15, 0.2) is 0 Å². The second-order valence-corrected chi connectivity index (χ2v) is 4.38. The molecule has 4 nitrogen and oxygen atoms in total. The fourth-order valence-electron chi connectivity index (χ4n) is 1.78. The highest BCUT2D eigenvalue weighted by atomic mass is 16.3. The smallest absolute Gasteiger partial charge is 0.221 e. The Balaban J connectivity index is 2.45. The van der Waals surface area contributed by atoms with Gasteiger partial charge in [0.05, 0.1) is 0 Å². The fraction of sp³-hybridized carbons (Fsp3) is 0.500. The van der Waals surface area contributed by atoms with Crippen molar-refractivity contribution in [1.29, 1.82) is 0 Å². The first-order valence-corrected chi connectivity index (χ1v) is 6.36. The number of carbonyl (C=O) groups is 1. The number of hydrogen-bond acceptors (Lipinski definition) is 3. The van der Waals surface area contributed by atoms with Crippen LogP contribution < -0.4 is 10.6 Å². The Bertz CT molecular complexity index is 363. The van der Waals surface area contributed by atoms with Gasteiger partial charge in [0.2, 0.25) is 5.91 Å². The average molecular weight is 250 g/mol. The van der Waals surface area contributed by atoms with Gasteiger partial charge in [-0.25, -0.2) is 0 Å². The van der Waals surface area contributed by atoms with Crippen LogP contribution in [0.3, 0.4) is 0 Å². The summed E-state index contributed by atoms with van der Waals surface area (Å²) in [6.45, 7) is 4.59. The zero-order valence-corrected chi connectivity index (χ0v) is 11.1. The second kappa shape index (κ2) is 7.84. The monoisotopic (exact) mass is 250 g/mol. The molecule has 1 aromatic rings. The summed E-state index contributed by atoms with van der Waals surface area (Å²) in [6.07, 6.45) is 1.78. The van der Waals surface area contributed by atoms with E-state index in [4.69, 9.17) is 5.11 Å². The van der Waals surface area contributed by atoms with Crippen molar-refractivity contribution in [2.75, 3.05) is 11.9 Å². The van der Waals surface area contributed by atoms with Gasteiger partial charge in [-0.1, -0.05) is 19.1 Å². The first-order chi connectivity index (χ1) is 8.65. The highest BCUT2D eigenvalue weighted by molar-refractivity contribution is 5.88. The third-order valence-corrected chi connectivity index (χ3v) is 2.84. The van der Waals surface area contributed by atoms with Gasteiger partial charge < -0.3 is 15.7 Å². The molecule has 0 saturated carbocycles. The van der Waals surface area contributed by atoms with Gasteiger partial charge in [-0.15, -0.1) is 0 Å². The molecule has 1 amide bonds. The second-order valence-electron chi connectivity index (χ2n) is 4.38. The molecular weight excluding hydrogens is 228 g/mol. The summed E-state index contributed by atoms with van der Waals surface area (Å²) < 4.78 is 0. The first-order valence-electron chi connectivity index (χ1n) is 6.36. The van der Waals surface area contributed by atoms with Crippen LogP contribution in [0.15, 0.2) is 24.3 Å². The molecule has 0 aliphatic rings. The van der Waals surface area contributed by atoms with Crippen molar-refractivity contribution in [1.82, 2.24) is 5.32 Å². The average Bonchev–Trinajstić information content (AvgIpc) is 2.35. The molecule has 1 atom stereocenters. The van der Waals surface area contributed by atoms with Crippen LogP contribution in [0.5, 0.6) is 0 Å². The Kier molecular flexibility index (Phi) is 6.39. The number of anilines is 1. The predicted octanol–water partition coefficient (Wildman–Crippen LogP) is 1.90. The van der Waals surface area contributed by atoms with Crippen LogP contribution >= 0.6 is 0 Å². The van der Waals surface area contributed by atoms with Gasteiger partial charge in [0, 0.05) is 31.8 Å². The minimum Gasteiger partial charge on any atom is -0.396 e. The number of benzene rings is 1. The standard InChI is InChI=1S/C14H22N2O2/c1-3-13(8-9-17)15-10-12-4-6-14(7-5-12)16-11(2)18/h4-7,13,15,17H,3,8-10H2,1-2H3,(H,16,18). The van der Waals surface area contributed by atoms with Crippen LogP contribution in [0.4, 0.5) is 5.69 Å². The normalized spacial score (nSPS) is 12.2. The summed E-state index contributed by atoms with van der Waals surface area (Å²) in [5.41, 5.74) is 1.98. The molecule has 1 unspecified atom stereocenters. The topological polar surface area (TPSA) is 61.4 Å². The van der Waals surface area contributed by atoms with Crippen molar-refractivity contribution in [3.05, 3.63) is 29.8 Å². The van der Waals surface area contributed by atoms with Gasteiger partial charge >= 0.3 is 0 Å². The van der Waals surface area contributed by atoms with Gasteiger partial charge in [-0.3, -0.25) is 4.79 Å².